The van der Waals surface area contributed by atoms with Gasteiger partial charge in [0, 0.05) is 23.6 Å². The second kappa shape index (κ2) is 7.84. The van der Waals surface area contributed by atoms with Crippen molar-refractivity contribution in [3.63, 3.8) is 0 Å². The fourth-order valence-corrected chi connectivity index (χ4v) is 3.66. The summed E-state index contributed by atoms with van der Waals surface area (Å²) >= 11 is 5.52. The highest BCUT2D eigenvalue weighted by Crippen LogP contribution is 2.33. The molecule has 0 saturated carbocycles. The fourth-order valence-electron chi connectivity index (χ4n) is 3.56. The molecule has 29 heavy (non-hydrogen) atoms. The third-order valence-corrected chi connectivity index (χ3v) is 5.34. The quantitative estimate of drug-likeness (QED) is 0.620. The molecule has 150 valence electrons. The normalized spacial score (nSPS) is 16.6. The van der Waals surface area contributed by atoms with E-state index in [9.17, 15) is 18.7 Å². The Balaban J connectivity index is 1.57. The molecule has 0 aliphatic carbocycles. The van der Waals surface area contributed by atoms with E-state index in [2.05, 4.69) is 20.4 Å². The summed E-state index contributed by atoms with van der Waals surface area (Å²) in [5.41, 5.74) is 2.06. The first kappa shape index (κ1) is 19.4. The van der Waals surface area contributed by atoms with E-state index in [1.54, 1.807) is 6.07 Å². The molecular weight excluding hydrogens is 404 g/mol. The molecule has 1 aliphatic rings. The van der Waals surface area contributed by atoms with Crippen LogP contribution < -0.4 is 4.90 Å². The molecule has 10 heteroatoms. The first-order chi connectivity index (χ1) is 14.0. The van der Waals surface area contributed by atoms with Gasteiger partial charge in [-0.2, -0.15) is 15.3 Å². The Bertz CT molecular complexity index is 1040. The number of carbonyl (C=O) groups excluding carboxylic acids is 1. The Hall–Kier alpha value is -2.91. The van der Waals surface area contributed by atoms with Crippen LogP contribution in [0.15, 0.2) is 30.6 Å². The third kappa shape index (κ3) is 3.58. The van der Waals surface area contributed by atoms with Crippen LogP contribution in [0.1, 0.15) is 17.5 Å². The maximum absolute atomic E-state index is 13.7. The van der Waals surface area contributed by atoms with Gasteiger partial charge >= 0.3 is 0 Å². The molecule has 1 saturated heterocycles. The fraction of sp³-hybridized carbons (Fsp3) is 0.263. The van der Waals surface area contributed by atoms with Crippen LogP contribution in [0.4, 0.5) is 14.6 Å². The number of anilines is 1. The predicted molar refractivity (Wildman–Crippen MR) is 101 cm³/mol. The van der Waals surface area contributed by atoms with Gasteiger partial charge in [0.05, 0.1) is 24.7 Å². The summed E-state index contributed by atoms with van der Waals surface area (Å²) in [4.78, 5) is 14.4. The van der Waals surface area contributed by atoms with Gasteiger partial charge in [-0.1, -0.05) is 11.6 Å². The second-order valence-electron chi connectivity index (χ2n) is 6.74. The lowest BCUT2D eigenvalue weighted by molar-refractivity contribution is -0.120. The molecule has 1 aliphatic heterocycles. The van der Waals surface area contributed by atoms with Gasteiger partial charge in [0.1, 0.15) is 16.7 Å². The molecular formula is C19H16ClF2N5O2. The first-order valence-corrected chi connectivity index (χ1v) is 9.27. The van der Waals surface area contributed by atoms with Crippen molar-refractivity contribution in [3.8, 4) is 11.3 Å². The molecule has 0 radical (unpaired) electrons. The second-order valence-corrected chi connectivity index (χ2v) is 7.12. The summed E-state index contributed by atoms with van der Waals surface area (Å²) in [6, 6.07) is 3.99. The molecule has 2 N–H and O–H groups in total. The lowest BCUT2D eigenvalue weighted by atomic mass is 9.98. The number of aliphatic hydroxyl groups is 1. The van der Waals surface area contributed by atoms with Gasteiger partial charge in [-0.3, -0.25) is 14.8 Å². The van der Waals surface area contributed by atoms with Crippen molar-refractivity contribution in [2.45, 2.75) is 19.4 Å². The van der Waals surface area contributed by atoms with Crippen LogP contribution in [0.25, 0.3) is 11.3 Å². The van der Waals surface area contributed by atoms with Gasteiger partial charge in [-0.15, -0.1) is 0 Å². The number of aliphatic hydroxyl groups excluding tert-OH is 1. The molecule has 2 aromatic heterocycles. The van der Waals surface area contributed by atoms with Gasteiger partial charge in [0.15, 0.2) is 5.82 Å². The molecule has 3 aromatic rings. The van der Waals surface area contributed by atoms with E-state index in [0.717, 1.165) is 12.1 Å². The van der Waals surface area contributed by atoms with Gasteiger partial charge in [-0.05, 0) is 36.6 Å². The minimum atomic E-state index is -0.852. The zero-order chi connectivity index (χ0) is 20.5. The number of H-pyrrole nitrogens is 1. The maximum atomic E-state index is 13.7. The molecule has 7 nitrogen and oxygen atoms in total. The number of carbonyl (C=O) groups is 1. The highest BCUT2D eigenvalue weighted by atomic mass is 35.5. The standard InChI is InChI=1S/C19H16ClF2N5O2/c20-16-14(21)6-10(7-15(16)22)5-11-2-4-27(19(11)29)18-13(9-28)17(25-26-18)12-1-3-23-24-8-12/h1,3,6-8,11,28H,2,4-5,9H2,(H,25,26). The number of halogens is 3. The van der Waals surface area contributed by atoms with Crippen molar-refractivity contribution in [1.82, 2.24) is 20.4 Å². The zero-order valence-electron chi connectivity index (χ0n) is 15.1. The van der Waals surface area contributed by atoms with E-state index in [1.165, 1.54) is 17.3 Å². The Morgan fingerprint density at radius 2 is 2.03 bits per heavy atom. The minimum Gasteiger partial charge on any atom is -0.391 e. The molecule has 1 amide bonds. The number of rotatable bonds is 5. The number of nitrogens with zero attached hydrogens (tertiary/aromatic N) is 4. The van der Waals surface area contributed by atoms with Crippen LogP contribution >= 0.6 is 11.6 Å². The number of nitrogens with one attached hydrogen (secondary N) is 1. The van der Waals surface area contributed by atoms with Crippen LogP contribution in [0.5, 0.6) is 0 Å². The van der Waals surface area contributed by atoms with E-state index in [1.807, 2.05) is 0 Å². The Labute approximate surface area is 169 Å². The molecule has 3 heterocycles. The van der Waals surface area contributed by atoms with Gasteiger partial charge in [-0.25, -0.2) is 8.78 Å². The van der Waals surface area contributed by atoms with Crippen LogP contribution in [-0.4, -0.2) is 38.0 Å². The van der Waals surface area contributed by atoms with Gasteiger partial charge in [0.25, 0.3) is 0 Å². The summed E-state index contributed by atoms with van der Waals surface area (Å²) in [6.45, 7) is 0.0550. The van der Waals surface area contributed by atoms with Crippen LogP contribution in [-0.2, 0) is 17.8 Å². The van der Waals surface area contributed by atoms with E-state index in [4.69, 9.17) is 11.6 Å². The predicted octanol–water partition coefficient (Wildman–Crippen LogP) is 2.89. The maximum Gasteiger partial charge on any atom is 0.231 e. The summed E-state index contributed by atoms with van der Waals surface area (Å²) in [5.74, 6) is -2.05. The Morgan fingerprint density at radius 1 is 1.28 bits per heavy atom. The van der Waals surface area contributed by atoms with Crippen molar-refractivity contribution in [1.29, 1.82) is 0 Å². The average Bonchev–Trinajstić information content (AvgIpc) is 3.30. The monoisotopic (exact) mass is 419 g/mol. The van der Waals surface area contributed by atoms with E-state index in [0.29, 0.717) is 41.2 Å². The SMILES string of the molecule is O=C1C(Cc2cc(F)c(Cl)c(F)c2)CCN1c1n[nH]c(-c2ccnnc2)c1CO. The smallest absolute Gasteiger partial charge is 0.231 e. The number of amides is 1. The molecule has 4 rings (SSSR count). The van der Waals surface area contributed by atoms with E-state index < -0.39 is 22.6 Å². The Kier molecular flexibility index (Phi) is 5.25. The summed E-state index contributed by atoms with van der Waals surface area (Å²) in [6.07, 6.45) is 3.71. The lowest BCUT2D eigenvalue weighted by Crippen LogP contribution is -2.29. The zero-order valence-corrected chi connectivity index (χ0v) is 15.8. The number of hydrogen-bond acceptors (Lipinski definition) is 5. The molecule has 1 unspecified atom stereocenters. The highest BCUT2D eigenvalue weighted by molar-refractivity contribution is 6.30. The summed E-state index contributed by atoms with van der Waals surface area (Å²) in [5, 5.41) is 23.9. The van der Waals surface area contributed by atoms with Crippen molar-refractivity contribution < 1.29 is 18.7 Å². The molecule has 1 fully saturated rings. The average molecular weight is 420 g/mol. The highest BCUT2D eigenvalue weighted by Gasteiger charge is 2.35. The topological polar surface area (TPSA) is 95.0 Å². The molecule has 1 aromatic carbocycles. The van der Waals surface area contributed by atoms with E-state index in [-0.39, 0.29) is 18.9 Å². The van der Waals surface area contributed by atoms with Crippen molar-refractivity contribution in [2.75, 3.05) is 11.4 Å². The minimum absolute atomic E-state index is 0.181. The molecule has 0 spiro atoms. The van der Waals surface area contributed by atoms with Crippen molar-refractivity contribution >= 4 is 23.3 Å². The molecule has 1 atom stereocenters. The number of benzene rings is 1. The van der Waals surface area contributed by atoms with Gasteiger partial charge in [0.2, 0.25) is 5.91 Å². The van der Waals surface area contributed by atoms with Crippen LogP contribution in [0.3, 0.4) is 0 Å². The van der Waals surface area contributed by atoms with Crippen LogP contribution in [0, 0.1) is 17.6 Å². The van der Waals surface area contributed by atoms with Gasteiger partial charge < -0.3 is 5.11 Å². The lowest BCUT2D eigenvalue weighted by Gasteiger charge is -2.16. The Morgan fingerprint density at radius 3 is 2.69 bits per heavy atom. The third-order valence-electron chi connectivity index (χ3n) is 4.97. The largest absolute Gasteiger partial charge is 0.391 e. The first-order valence-electron chi connectivity index (χ1n) is 8.89. The number of hydrogen-bond donors (Lipinski definition) is 2. The van der Waals surface area contributed by atoms with Crippen molar-refractivity contribution in [3.05, 3.63) is 58.4 Å². The number of aromatic nitrogens is 4. The number of aromatic amines is 1. The molecule has 0 bridgehead atoms. The summed E-state index contributed by atoms with van der Waals surface area (Å²) < 4.78 is 27.4. The van der Waals surface area contributed by atoms with Crippen molar-refractivity contribution in [2.24, 2.45) is 5.92 Å². The van der Waals surface area contributed by atoms with E-state index >= 15 is 0 Å². The summed E-state index contributed by atoms with van der Waals surface area (Å²) in [7, 11) is 0. The van der Waals surface area contributed by atoms with Crippen LogP contribution in [0.2, 0.25) is 5.02 Å².